The number of nitrogens with zero attached hydrogens (tertiary/aromatic N) is 3. The molecule has 0 amide bonds. The van der Waals surface area contributed by atoms with E-state index < -0.39 is 0 Å². The third-order valence-electron chi connectivity index (χ3n) is 3.71. The lowest BCUT2D eigenvalue weighted by Crippen LogP contribution is -2.24. The van der Waals surface area contributed by atoms with Crippen molar-refractivity contribution < 1.29 is 0 Å². The van der Waals surface area contributed by atoms with Gasteiger partial charge in [0.2, 0.25) is 0 Å². The van der Waals surface area contributed by atoms with Gasteiger partial charge < -0.3 is 15.0 Å². The van der Waals surface area contributed by atoms with Crippen LogP contribution < -0.4 is 10.6 Å². The monoisotopic (exact) mass is 258 g/mol. The van der Waals surface area contributed by atoms with Crippen LogP contribution in [0, 0.1) is 5.92 Å². The lowest BCUT2D eigenvalue weighted by molar-refractivity contribution is 0.707. The van der Waals surface area contributed by atoms with Crippen LogP contribution in [0.3, 0.4) is 0 Å². The van der Waals surface area contributed by atoms with Crippen molar-refractivity contribution in [2.24, 2.45) is 11.7 Å². The van der Waals surface area contributed by atoms with Crippen LogP contribution >= 0.6 is 0 Å². The Kier molecular flexibility index (Phi) is 3.19. The molecule has 1 unspecified atom stereocenters. The molecule has 0 bridgehead atoms. The predicted octanol–water partition coefficient (Wildman–Crippen LogP) is 2.07. The van der Waals surface area contributed by atoms with E-state index >= 15 is 0 Å². The SMILES string of the molecule is CC(N)Cc1c(N(C)CC2CC2)nc2ccccn12. The molecule has 3 rings (SSSR count). The Morgan fingerprint density at radius 1 is 1.47 bits per heavy atom. The van der Waals surface area contributed by atoms with Gasteiger partial charge >= 0.3 is 0 Å². The van der Waals surface area contributed by atoms with Gasteiger partial charge in [-0.1, -0.05) is 6.07 Å². The number of aromatic nitrogens is 2. The van der Waals surface area contributed by atoms with E-state index in [1.54, 1.807) is 0 Å². The van der Waals surface area contributed by atoms with Gasteiger partial charge in [0.05, 0.1) is 5.69 Å². The van der Waals surface area contributed by atoms with E-state index in [0.29, 0.717) is 0 Å². The van der Waals surface area contributed by atoms with Gasteiger partial charge in [0, 0.05) is 32.3 Å². The van der Waals surface area contributed by atoms with Crippen molar-refractivity contribution in [2.45, 2.75) is 32.2 Å². The average molecular weight is 258 g/mol. The molecule has 1 atom stereocenters. The Bertz CT molecular complexity index is 569. The summed E-state index contributed by atoms with van der Waals surface area (Å²) in [5.74, 6) is 1.95. The Balaban J connectivity index is 1.99. The summed E-state index contributed by atoms with van der Waals surface area (Å²) in [6.45, 7) is 3.16. The van der Waals surface area contributed by atoms with Gasteiger partial charge in [-0.2, -0.15) is 0 Å². The lowest BCUT2D eigenvalue weighted by Gasteiger charge is -2.18. The predicted molar refractivity (Wildman–Crippen MR) is 78.5 cm³/mol. The Labute approximate surface area is 114 Å². The van der Waals surface area contributed by atoms with E-state index in [0.717, 1.165) is 30.3 Å². The molecule has 102 valence electrons. The first kappa shape index (κ1) is 12.5. The van der Waals surface area contributed by atoms with Crippen molar-refractivity contribution in [3.63, 3.8) is 0 Å². The minimum Gasteiger partial charge on any atom is -0.358 e. The van der Waals surface area contributed by atoms with Crippen LogP contribution in [0.1, 0.15) is 25.5 Å². The standard InChI is InChI=1S/C15H22N4/c1-11(16)9-13-15(18(2)10-12-6-7-12)17-14-5-3-4-8-19(13)14/h3-5,8,11-12H,6-7,9-10,16H2,1-2H3. The molecule has 1 saturated carbocycles. The first-order valence-corrected chi connectivity index (χ1v) is 7.08. The third-order valence-corrected chi connectivity index (χ3v) is 3.71. The zero-order valence-electron chi connectivity index (χ0n) is 11.7. The molecule has 4 nitrogen and oxygen atoms in total. The zero-order chi connectivity index (χ0) is 13.4. The molecule has 2 aromatic heterocycles. The molecule has 2 N–H and O–H groups in total. The summed E-state index contributed by atoms with van der Waals surface area (Å²) in [6.07, 6.45) is 5.66. The maximum Gasteiger partial charge on any atom is 0.150 e. The fourth-order valence-corrected chi connectivity index (χ4v) is 2.61. The largest absolute Gasteiger partial charge is 0.358 e. The molecular weight excluding hydrogens is 236 g/mol. The summed E-state index contributed by atoms with van der Waals surface area (Å²) in [5, 5.41) is 0. The van der Waals surface area contributed by atoms with Gasteiger partial charge in [0.25, 0.3) is 0 Å². The van der Waals surface area contributed by atoms with Crippen molar-refractivity contribution >= 4 is 11.5 Å². The van der Waals surface area contributed by atoms with Gasteiger partial charge in [-0.25, -0.2) is 4.98 Å². The number of anilines is 1. The van der Waals surface area contributed by atoms with E-state index in [1.807, 2.05) is 19.1 Å². The smallest absolute Gasteiger partial charge is 0.150 e. The van der Waals surface area contributed by atoms with Crippen LogP contribution in [0.2, 0.25) is 0 Å². The number of rotatable bonds is 5. The minimum atomic E-state index is 0.146. The third kappa shape index (κ3) is 2.59. The second kappa shape index (κ2) is 4.85. The molecule has 2 aromatic rings. The Hall–Kier alpha value is -1.55. The van der Waals surface area contributed by atoms with Gasteiger partial charge in [-0.05, 0) is 37.8 Å². The molecule has 0 spiro atoms. The van der Waals surface area contributed by atoms with Crippen LogP contribution in [-0.2, 0) is 6.42 Å². The minimum absolute atomic E-state index is 0.146. The first-order valence-electron chi connectivity index (χ1n) is 7.08. The maximum absolute atomic E-state index is 6.00. The van der Waals surface area contributed by atoms with Crippen molar-refractivity contribution in [3.05, 3.63) is 30.1 Å². The fraction of sp³-hybridized carbons (Fsp3) is 0.533. The number of hydrogen-bond donors (Lipinski definition) is 1. The number of fused-ring (bicyclic) bond motifs is 1. The van der Waals surface area contributed by atoms with Crippen LogP contribution in [0.15, 0.2) is 24.4 Å². The first-order chi connectivity index (χ1) is 9.15. The number of imidazole rings is 1. The summed E-state index contributed by atoms with van der Waals surface area (Å²) in [7, 11) is 2.14. The highest BCUT2D eigenvalue weighted by atomic mass is 15.2. The molecule has 0 radical (unpaired) electrons. The second-order valence-corrected chi connectivity index (χ2v) is 5.82. The van der Waals surface area contributed by atoms with E-state index in [-0.39, 0.29) is 6.04 Å². The quantitative estimate of drug-likeness (QED) is 0.893. The molecule has 0 aromatic carbocycles. The van der Waals surface area contributed by atoms with E-state index in [2.05, 4.69) is 28.6 Å². The maximum atomic E-state index is 6.00. The molecule has 19 heavy (non-hydrogen) atoms. The topological polar surface area (TPSA) is 46.6 Å². The summed E-state index contributed by atoms with van der Waals surface area (Å²) in [5.41, 5.74) is 8.24. The van der Waals surface area contributed by atoms with Gasteiger partial charge in [0.15, 0.2) is 5.82 Å². The highest BCUT2D eigenvalue weighted by Crippen LogP contribution is 2.32. The Morgan fingerprint density at radius 3 is 2.95 bits per heavy atom. The van der Waals surface area contributed by atoms with Crippen LogP contribution in [0.4, 0.5) is 5.82 Å². The van der Waals surface area contributed by atoms with Crippen LogP contribution in [0.25, 0.3) is 5.65 Å². The molecule has 4 heteroatoms. The highest BCUT2D eigenvalue weighted by Gasteiger charge is 2.25. The van der Waals surface area contributed by atoms with Crippen molar-refractivity contribution in [1.82, 2.24) is 9.38 Å². The summed E-state index contributed by atoms with van der Waals surface area (Å²) in [6, 6.07) is 6.28. The van der Waals surface area contributed by atoms with Crippen LogP contribution in [-0.4, -0.2) is 29.0 Å². The molecule has 0 saturated heterocycles. The second-order valence-electron chi connectivity index (χ2n) is 5.82. The zero-order valence-corrected chi connectivity index (χ0v) is 11.7. The van der Waals surface area contributed by atoms with E-state index in [4.69, 9.17) is 10.7 Å². The fourth-order valence-electron chi connectivity index (χ4n) is 2.61. The summed E-state index contributed by atoms with van der Waals surface area (Å²) in [4.78, 5) is 7.07. The van der Waals surface area contributed by atoms with Gasteiger partial charge in [-0.15, -0.1) is 0 Å². The Morgan fingerprint density at radius 2 is 2.26 bits per heavy atom. The molecule has 1 fully saturated rings. The highest BCUT2D eigenvalue weighted by molar-refractivity contribution is 5.56. The van der Waals surface area contributed by atoms with Gasteiger partial charge in [-0.3, -0.25) is 0 Å². The van der Waals surface area contributed by atoms with Gasteiger partial charge in [0.1, 0.15) is 5.65 Å². The lowest BCUT2D eigenvalue weighted by atomic mass is 10.2. The summed E-state index contributed by atoms with van der Waals surface area (Å²) < 4.78 is 2.17. The van der Waals surface area contributed by atoms with Crippen molar-refractivity contribution in [2.75, 3.05) is 18.5 Å². The molecule has 1 aliphatic rings. The normalized spacial score (nSPS) is 16.8. The molecular formula is C15H22N4. The number of pyridine rings is 1. The molecule has 2 heterocycles. The number of hydrogen-bond acceptors (Lipinski definition) is 3. The van der Waals surface area contributed by atoms with Crippen molar-refractivity contribution in [3.8, 4) is 0 Å². The summed E-state index contributed by atoms with van der Waals surface area (Å²) >= 11 is 0. The molecule has 0 aliphatic heterocycles. The average Bonchev–Trinajstić information content (AvgIpc) is 3.11. The number of nitrogens with two attached hydrogens (primary N) is 1. The molecule has 1 aliphatic carbocycles. The van der Waals surface area contributed by atoms with E-state index in [1.165, 1.54) is 18.5 Å². The van der Waals surface area contributed by atoms with Crippen LogP contribution in [0.5, 0.6) is 0 Å². The van der Waals surface area contributed by atoms with Crippen molar-refractivity contribution in [1.29, 1.82) is 0 Å². The van der Waals surface area contributed by atoms with E-state index in [9.17, 15) is 0 Å².